The predicted molar refractivity (Wildman–Crippen MR) is 252 cm³/mol. The summed E-state index contributed by atoms with van der Waals surface area (Å²) in [6.07, 6.45) is 56.4. The first-order chi connectivity index (χ1) is 28.6. The Hall–Kier alpha value is -1.36. The third-order valence-corrected chi connectivity index (χ3v) is 11.8. The Balaban J connectivity index is 4.17. The monoisotopic (exact) mass is 819 g/mol. The molecule has 0 aromatic heterocycles. The molecule has 0 radical (unpaired) electrons. The molecule has 0 bridgehead atoms. The number of ether oxygens (including phenoxy) is 3. The zero-order chi connectivity index (χ0) is 42.1. The number of hydrogen-bond acceptors (Lipinski definition) is 5. The van der Waals surface area contributed by atoms with Crippen molar-refractivity contribution in [1.29, 1.82) is 0 Å². The molecule has 5 heteroatoms. The van der Waals surface area contributed by atoms with Crippen LogP contribution in [0.4, 0.5) is 0 Å². The van der Waals surface area contributed by atoms with Crippen molar-refractivity contribution in [3.63, 3.8) is 0 Å². The van der Waals surface area contributed by atoms with Crippen LogP contribution in [-0.2, 0) is 23.8 Å². The molecule has 0 spiro atoms. The van der Waals surface area contributed by atoms with Crippen LogP contribution in [0.25, 0.3) is 0 Å². The van der Waals surface area contributed by atoms with Gasteiger partial charge in [-0.1, -0.05) is 245 Å². The summed E-state index contributed by atoms with van der Waals surface area (Å²) >= 11 is 0. The van der Waals surface area contributed by atoms with Gasteiger partial charge in [0.1, 0.15) is 6.61 Å². The van der Waals surface area contributed by atoms with Crippen LogP contribution in [-0.4, -0.2) is 37.9 Å². The van der Waals surface area contributed by atoms with Crippen LogP contribution in [0.2, 0.25) is 0 Å². The fourth-order valence-corrected chi connectivity index (χ4v) is 7.86. The molecule has 1 unspecified atom stereocenters. The molecule has 0 aromatic carbocycles. The van der Waals surface area contributed by atoms with E-state index in [-0.39, 0.29) is 18.5 Å². The summed E-state index contributed by atoms with van der Waals surface area (Å²) < 4.78 is 17.4. The van der Waals surface area contributed by atoms with Gasteiger partial charge in [0.15, 0.2) is 6.10 Å². The first-order valence-corrected chi connectivity index (χ1v) is 26.2. The maximum absolute atomic E-state index is 12.8. The molecule has 0 N–H and O–H groups in total. The van der Waals surface area contributed by atoms with Crippen molar-refractivity contribution in [1.82, 2.24) is 0 Å². The van der Waals surface area contributed by atoms with E-state index in [4.69, 9.17) is 14.2 Å². The highest BCUT2D eigenvalue weighted by molar-refractivity contribution is 5.70. The van der Waals surface area contributed by atoms with Crippen molar-refractivity contribution in [3.8, 4) is 0 Å². The highest BCUT2D eigenvalue weighted by atomic mass is 16.6. The minimum atomic E-state index is -0.528. The van der Waals surface area contributed by atoms with E-state index < -0.39 is 6.10 Å². The lowest BCUT2D eigenvalue weighted by molar-refractivity contribution is -0.163. The predicted octanol–water partition coefficient (Wildman–Crippen LogP) is 17.5. The molecule has 0 aromatic rings. The summed E-state index contributed by atoms with van der Waals surface area (Å²) in [6.45, 7) is 7.86. The average molecular weight is 819 g/mol. The molecule has 0 aliphatic heterocycles. The maximum atomic E-state index is 12.8. The molecule has 0 saturated heterocycles. The fraction of sp³-hybridized carbons (Fsp3) is 0.925. The van der Waals surface area contributed by atoms with E-state index in [1.165, 1.54) is 218 Å². The number of esters is 2. The molecule has 58 heavy (non-hydrogen) atoms. The van der Waals surface area contributed by atoms with E-state index in [9.17, 15) is 9.59 Å². The lowest BCUT2D eigenvalue weighted by Crippen LogP contribution is -2.30. The quantitative estimate of drug-likeness (QED) is 0.0348. The maximum Gasteiger partial charge on any atom is 0.306 e. The number of allylic oxidation sites excluding steroid dienone is 2. The van der Waals surface area contributed by atoms with Crippen LogP contribution in [0, 0.1) is 0 Å². The van der Waals surface area contributed by atoms with Gasteiger partial charge in [-0.3, -0.25) is 9.59 Å². The SMILES string of the molecule is CCCCCC/C=C\CCCCCCCCOCC(COC(=O)CCCCCCCCCCCCCCCCCCC)OC(=O)CCCCCCCCCCCCC. The highest BCUT2D eigenvalue weighted by Crippen LogP contribution is 2.16. The van der Waals surface area contributed by atoms with E-state index in [0.717, 1.165) is 38.5 Å². The van der Waals surface area contributed by atoms with Crippen molar-refractivity contribution in [2.75, 3.05) is 19.8 Å². The Morgan fingerprint density at radius 3 is 1.07 bits per heavy atom. The van der Waals surface area contributed by atoms with Crippen LogP contribution < -0.4 is 0 Å². The lowest BCUT2D eigenvalue weighted by Gasteiger charge is -2.18. The zero-order valence-electron chi connectivity index (χ0n) is 39.6. The summed E-state index contributed by atoms with van der Waals surface area (Å²) in [6, 6.07) is 0. The molecule has 344 valence electrons. The van der Waals surface area contributed by atoms with Crippen molar-refractivity contribution < 1.29 is 23.8 Å². The van der Waals surface area contributed by atoms with Gasteiger partial charge in [-0.05, 0) is 44.9 Å². The Kier molecular flexibility index (Phi) is 48.8. The lowest BCUT2D eigenvalue weighted by atomic mass is 10.0. The zero-order valence-corrected chi connectivity index (χ0v) is 39.6. The number of unbranched alkanes of at least 4 members (excludes halogenated alkanes) is 36. The topological polar surface area (TPSA) is 61.8 Å². The molecule has 0 amide bonds. The van der Waals surface area contributed by atoms with Crippen molar-refractivity contribution in [3.05, 3.63) is 12.2 Å². The number of carbonyl (C=O) groups excluding carboxylic acids is 2. The van der Waals surface area contributed by atoms with Gasteiger partial charge < -0.3 is 14.2 Å². The Bertz CT molecular complexity index is 840. The standard InChI is InChI=1S/C53H102O5/c1-4-7-10-13-16-19-22-24-26-27-28-29-32-34-37-40-43-46-52(54)57-50-51(58-53(55)47-44-41-38-35-31-21-18-15-12-9-6-3)49-56-48-45-42-39-36-33-30-25-23-20-17-14-11-8-5-2/h20,23,51H,4-19,21-22,24-50H2,1-3H3/b23-20-. The second-order valence-corrected chi connectivity index (χ2v) is 17.8. The van der Waals surface area contributed by atoms with Gasteiger partial charge in [-0.15, -0.1) is 0 Å². The van der Waals surface area contributed by atoms with Gasteiger partial charge in [-0.25, -0.2) is 0 Å². The summed E-state index contributed by atoms with van der Waals surface area (Å²) in [7, 11) is 0. The van der Waals surface area contributed by atoms with Gasteiger partial charge in [0, 0.05) is 19.4 Å². The van der Waals surface area contributed by atoms with Crippen LogP contribution >= 0.6 is 0 Å². The average Bonchev–Trinajstić information content (AvgIpc) is 3.22. The Labute approximate surface area is 363 Å². The van der Waals surface area contributed by atoms with Crippen LogP contribution in [0.1, 0.15) is 290 Å². The van der Waals surface area contributed by atoms with E-state index in [0.29, 0.717) is 26.1 Å². The first-order valence-electron chi connectivity index (χ1n) is 26.2. The van der Waals surface area contributed by atoms with E-state index in [1.807, 2.05) is 0 Å². The molecule has 0 aliphatic rings. The summed E-state index contributed by atoms with van der Waals surface area (Å²) in [4.78, 5) is 25.3. The Morgan fingerprint density at radius 1 is 0.362 bits per heavy atom. The molecule has 0 saturated carbocycles. The van der Waals surface area contributed by atoms with E-state index in [1.54, 1.807) is 0 Å². The molecule has 0 heterocycles. The van der Waals surface area contributed by atoms with Gasteiger partial charge in [-0.2, -0.15) is 0 Å². The summed E-state index contributed by atoms with van der Waals surface area (Å²) in [5.74, 6) is -0.380. The molecule has 5 nitrogen and oxygen atoms in total. The molecule has 0 fully saturated rings. The molecule has 0 aliphatic carbocycles. The van der Waals surface area contributed by atoms with Gasteiger partial charge >= 0.3 is 11.9 Å². The molecular weight excluding hydrogens is 717 g/mol. The largest absolute Gasteiger partial charge is 0.462 e. The summed E-state index contributed by atoms with van der Waals surface area (Å²) in [5.41, 5.74) is 0. The third-order valence-electron chi connectivity index (χ3n) is 11.8. The smallest absolute Gasteiger partial charge is 0.306 e. The number of carbonyl (C=O) groups is 2. The number of hydrogen-bond donors (Lipinski definition) is 0. The van der Waals surface area contributed by atoms with Crippen molar-refractivity contribution in [2.24, 2.45) is 0 Å². The van der Waals surface area contributed by atoms with Gasteiger partial charge in [0.2, 0.25) is 0 Å². The second kappa shape index (κ2) is 50.0. The number of rotatable bonds is 49. The van der Waals surface area contributed by atoms with E-state index >= 15 is 0 Å². The minimum absolute atomic E-state index is 0.0922. The van der Waals surface area contributed by atoms with Crippen LogP contribution in [0.5, 0.6) is 0 Å². The van der Waals surface area contributed by atoms with E-state index in [2.05, 4.69) is 32.9 Å². The van der Waals surface area contributed by atoms with Crippen LogP contribution in [0.3, 0.4) is 0 Å². The Morgan fingerprint density at radius 2 is 0.672 bits per heavy atom. The highest BCUT2D eigenvalue weighted by Gasteiger charge is 2.17. The normalized spacial score (nSPS) is 12.1. The first kappa shape index (κ1) is 56.6. The third kappa shape index (κ3) is 47.3. The fourth-order valence-electron chi connectivity index (χ4n) is 7.86. The van der Waals surface area contributed by atoms with Crippen molar-refractivity contribution in [2.45, 2.75) is 297 Å². The molecular formula is C53H102O5. The minimum Gasteiger partial charge on any atom is -0.462 e. The second-order valence-electron chi connectivity index (χ2n) is 17.8. The summed E-state index contributed by atoms with van der Waals surface area (Å²) in [5, 5.41) is 0. The van der Waals surface area contributed by atoms with Crippen molar-refractivity contribution >= 4 is 11.9 Å². The molecule has 0 rings (SSSR count). The van der Waals surface area contributed by atoms with Crippen LogP contribution in [0.15, 0.2) is 12.2 Å². The molecule has 1 atom stereocenters. The van der Waals surface area contributed by atoms with Gasteiger partial charge in [0.05, 0.1) is 6.61 Å². The van der Waals surface area contributed by atoms with Gasteiger partial charge in [0.25, 0.3) is 0 Å².